The molecular formula is C11H12ClNO4. The van der Waals surface area contributed by atoms with Crippen LogP contribution in [-0.4, -0.2) is 34.7 Å². The van der Waals surface area contributed by atoms with Crippen LogP contribution in [0.1, 0.15) is 23.6 Å². The first-order valence-corrected chi connectivity index (χ1v) is 5.40. The zero-order valence-electron chi connectivity index (χ0n) is 9.13. The van der Waals surface area contributed by atoms with E-state index in [9.17, 15) is 15.0 Å². The van der Waals surface area contributed by atoms with Gasteiger partial charge in [0.05, 0.1) is 7.11 Å². The number of aliphatic hydroxyl groups excluding tert-OH is 2. The molecule has 1 heterocycles. The van der Waals surface area contributed by atoms with Crippen LogP contribution in [0.25, 0.3) is 0 Å². The summed E-state index contributed by atoms with van der Waals surface area (Å²) in [5, 5.41) is 20.4. The monoisotopic (exact) mass is 257 g/mol. The van der Waals surface area contributed by atoms with Crippen molar-refractivity contribution in [1.29, 1.82) is 0 Å². The Bertz CT molecular complexity index is 451. The number of benzene rings is 1. The summed E-state index contributed by atoms with van der Waals surface area (Å²) in [6.45, 7) is -0.189. The van der Waals surface area contributed by atoms with E-state index in [0.29, 0.717) is 16.1 Å². The number of nitrogens with zero attached hydrogens (tertiary/aromatic N) is 1. The molecule has 17 heavy (non-hydrogen) atoms. The fourth-order valence-corrected chi connectivity index (χ4v) is 2.06. The summed E-state index contributed by atoms with van der Waals surface area (Å²) in [5.41, 5.74) is 1.06. The molecule has 0 amide bonds. The highest BCUT2D eigenvalue weighted by molar-refractivity contribution is 6.30. The predicted octanol–water partition coefficient (Wildman–Crippen LogP) is 0.810. The van der Waals surface area contributed by atoms with Gasteiger partial charge in [-0.25, -0.2) is 4.90 Å². The van der Waals surface area contributed by atoms with E-state index in [1.54, 1.807) is 18.2 Å². The lowest BCUT2D eigenvalue weighted by Crippen LogP contribution is -2.32. The molecule has 1 aliphatic rings. The van der Waals surface area contributed by atoms with Gasteiger partial charge in [-0.1, -0.05) is 17.7 Å². The highest BCUT2D eigenvalue weighted by Crippen LogP contribution is 2.39. The molecule has 1 aromatic carbocycles. The summed E-state index contributed by atoms with van der Waals surface area (Å²) in [6.07, 6.45) is -2.09. The normalized spacial score (nSPS) is 23.5. The van der Waals surface area contributed by atoms with Gasteiger partial charge >= 0.3 is 5.97 Å². The van der Waals surface area contributed by atoms with Crippen molar-refractivity contribution in [3.05, 3.63) is 34.3 Å². The summed E-state index contributed by atoms with van der Waals surface area (Å²) < 4.78 is 4.50. The molecule has 0 saturated heterocycles. The third-order valence-corrected chi connectivity index (χ3v) is 3.01. The minimum absolute atomic E-state index is 0.189. The quantitative estimate of drug-likeness (QED) is 0.768. The van der Waals surface area contributed by atoms with Crippen LogP contribution in [0.4, 0.5) is 0 Å². The zero-order valence-corrected chi connectivity index (χ0v) is 9.89. The second kappa shape index (κ2) is 4.62. The first kappa shape index (κ1) is 12.3. The number of hydrogen-bond acceptors (Lipinski definition) is 5. The number of halogens is 1. The number of carbonyl (C=O) groups excluding carboxylic acids is 1. The first-order valence-electron chi connectivity index (χ1n) is 5.02. The van der Waals surface area contributed by atoms with Gasteiger partial charge in [-0.05, 0) is 12.1 Å². The van der Waals surface area contributed by atoms with E-state index < -0.39 is 18.4 Å². The molecule has 1 aliphatic heterocycles. The van der Waals surface area contributed by atoms with Gasteiger partial charge in [-0.3, -0.25) is 4.79 Å². The van der Waals surface area contributed by atoms with E-state index in [-0.39, 0.29) is 6.54 Å². The molecule has 5 nitrogen and oxygen atoms in total. The van der Waals surface area contributed by atoms with Crippen LogP contribution >= 0.6 is 11.6 Å². The van der Waals surface area contributed by atoms with Crippen molar-refractivity contribution in [2.75, 3.05) is 13.7 Å². The molecule has 0 radical (unpaired) electrons. The molecule has 0 aromatic heterocycles. The molecule has 2 N–H and O–H groups in total. The van der Waals surface area contributed by atoms with E-state index in [2.05, 4.69) is 4.74 Å². The number of ether oxygens (including phenoxy) is 1. The molecule has 1 aromatic rings. The Hall–Kier alpha value is -1.14. The fourth-order valence-electron chi connectivity index (χ4n) is 1.88. The topological polar surface area (TPSA) is 70.0 Å². The Morgan fingerprint density at radius 3 is 2.71 bits per heavy atom. The summed E-state index contributed by atoms with van der Waals surface area (Å²) in [5.74, 6) is -0.526. The lowest BCUT2D eigenvalue weighted by Gasteiger charge is -2.22. The first-order chi connectivity index (χ1) is 8.04. The molecule has 0 saturated carbocycles. The van der Waals surface area contributed by atoms with E-state index in [1.165, 1.54) is 12.0 Å². The largest absolute Gasteiger partial charge is 0.468 e. The van der Waals surface area contributed by atoms with Crippen LogP contribution in [0.3, 0.4) is 0 Å². The average molecular weight is 258 g/mol. The van der Waals surface area contributed by atoms with Crippen molar-refractivity contribution in [2.45, 2.75) is 12.5 Å². The fraction of sp³-hybridized carbons (Fsp3) is 0.364. The van der Waals surface area contributed by atoms with Crippen LogP contribution in [-0.2, 0) is 9.53 Å². The molecule has 0 bridgehead atoms. The molecule has 6 heteroatoms. The van der Waals surface area contributed by atoms with Crippen LogP contribution < -0.4 is 0 Å². The van der Waals surface area contributed by atoms with Crippen molar-refractivity contribution >= 4 is 17.6 Å². The van der Waals surface area contributed by atoms with Crippen LogP contribution in [0.2, 0.25) is 5.02 Å². The molecule has 0 aliphatic carbocycles. The molecule has 0 spiro atoms. The molecule has 0 fully saturated rings. The van der Waals surface area contributed by atoms with Gasteiger partial charge in [0.25, 0.3) is 0 Å². The maximum absolute atomic E-state index is 11.2. The maximum Gasteiger partial charge on any atom is 0.320 e. The van der Waals surface area contributed by atoms with Gasteiger partial charge in [0.15, 0.2) is 0 Å². The molecule has 2 unspecified atom stereocenters. The number of carbonyl (C=O) groups is 1. The maximum atomic E-state index is 11.2. The van der Waals surface area contributed by atoms with Crippen molar-refractivity contribution < 1.29 is 19.7 Å². The molecule has 2 rings (SSSR count). The van der Waals surface area contributed by atoms with Gasteiger partial charge in [0, 0.05) is 16.1 Å². The summed E-state index contributed by atoms with van der Waals surface area (Å²) in [6, 6.07) is 4.82. The van der Waals surface area contributed by atoms with Crippen LogP contribution in [0, 0.1) is 0 Å². The molecule has 92 valence electrons. The number of hydrogen-bond donors (Lipinski definition) is 2. The van der Waals surface area contributed by atoms with E-state index in [4.69, 9.17) is 11.6 Å². The third kappa shape index (κ3) is 2.14. The smallest absolute Gasteiger partial charge is 0.320 e. The number of esters is 1. The highest BCUT2D eigenvalue weighted by atomic mass is 35.5. The standard InChI is InChI=1S/C11H12ClNO4/c1-17-9(14)5-13-10(15)7-3-2-6(12)4-8(7)11(13)16/h2-4,10-11,15-16H,5H2,1H3. The third-order valence-electron chi connectivity index (χ3n) is 2.77. The lowest BCUT2D eigenvalue weighted by molar-refractivity contribution is -0.152. The summed E-state index contributed by atoms with van der Waals surface area (Å²) in [7, 11) is 1.25. The van der Waals surface area contributed by atoms with Crippen LogP contribution in [0.5, 0.6) is 0 Å². The minimum atomic E-state index is -1.06. The summed E-state index contributed by atoms with van der Waals surface area (Å²) in [4.78, 5) is 12.4. The van der Waals surface area contributed by atoms with Crippen molar-refractivity contribution in [1.82, 2.24) is 4.90 Å². The highest BCUT2D eigenvalue weighted by Gasteiger charge is 2.37. The lowest BCUT2D eigenvalue weighted by atomic mass is 10.1. The van der Waals surface area contributed by atoms with Crippen molar-refractivity contribution in [3.8, 4) is 0 Å². The number of rotatable bonds is 2. The van der Waals surface area contributed by atoms with Gasteiger partial charge in [-0.2, -0.15) is 0 Å². The predicted molar refractivity (Wildman–Crippen MR) is 60.1 cm³/mol. The Kier molecular flexibility index (Phi) is 3.35. The number of aliphatic hydroxyl groups is 2. The van der Waals surface area contributed by atoms with Gasteiger partial charge in [0.1, 0.15) is 19.0 Å². The van der Waals surface area contributed by atoms with Crippen molar-refractivity contribution in [3.63, 3.8) is 0 Å². The Morgan fingerprint density at radius 1 is 1.41 bits per heavy atom. The Morgan fingerprint density at radius 2 is 2.06 bits per heavy atom. The number of methoxy groups -OCH3 is 1. The number of fused-ring (bicyclic) bond motifs is 1. The van der Waals surface area contributed by atoms with E-state index >= 15 is 0 Å². The average Bonchev–Trinajstić information content (AvgIpc) is 2.54. The molecular weight excluding hydrogens is 246 g/mol. The second-order valence-corrected chi connectivity index (χ2v) is 4.21. The molecule has 2 atom stereocenters. The van der Waals surface area contributed by atoms with Gasteiger partial charge in [-0.15, -0.1) is 0 Å². The van der Waals surface area contributed by atoms with Crippen LogP contribution in [0.15, 0.2) is 18.2 Å². The Labute approximate surface area is 103 Å². The summed E-state index contributed by atoms with van der Waals surface area (Å²) >= 11 is 5.81. The van der Waals surface area contributed by atoms with E-state index in [1.807, 2.05) is 0 Å². The van der Waals surface area contributed by atoms with E-state index in [0.717, 1.165) is 0 Å². The Balaban J connectivity index is 2.28. The van der Waals surface area contributed by atoms with Gasteiger partial charge in [0.2, 0.25) is 0 Å². The van der Waals surface area contributed by atoms with Gasteiger partial charge < -0.3 is 14.9 Å². The second-order valence-electron chi connectivity index (χ2n) is 3.77. The zero-order chi connectivity index (χ0) is 12.6. The van der Waals surface area contributed by atoms with Crippen molar-refractivity contribution in [2.24, 2.45) is 0 Å². The minimum Gasteiger partial charge on any atom is -0.468 e. The SMILES string of the molecule is COC(=O)CN1C(O)c2ccc(Cl)cc2C1O.